The second-order valence-corrected chi connectivity index (χ2v) is 7.44. The number of hydrogen-bond acceptors (Lipinski definition) is 6. The number of halogens is 3. The highest BCUT2D eigenvalue weighted by molar-refractivity contribution is 5.99. The molecule has 3 aromatic rings. The number of anilines is 5. The lowest BCUT2D eigenvalue weighted by Crippen LogP contribution is -2.15. The monoisotopic (exact) mass is 442 g/mol. The Balaban J connectivity index is 1.59. The molecule has 4 N–H and O–H groups in total. The van der Waals surface area contributed by atoms with Crippen LogP contribution in [0.3, 0.4) is 0 Å². The lowest BCUT2D eigenvalue weighted by atomic mass is 10.1. The number of nitrogens with zero attached hydrogens (tertiary/aromatic N) is 2. The molecule has 2 aromatic carbocycles. The highest BCUT2D eigenvalue weighted by Crippen LogP contribution is 2.35. The lowest BCUT2D eigenvalue weighted by Gasteiger charge is -2.16. The number of carbonyl (C=O) groups is 1. The SMILES string of the molecule is CNc1cc(C)ccc1CNc1nc(Nc2ccc3c(c2)CC(=O)N3)ncc1C(F)(F)F. The fraction of sp³-hybridized carbons (Fsp3) is 0.227. The topological polar surface area (TPSA) is 91.0 Å². The first-order valence-corrected chi connectivity index (χ1v) is 9.88. The van der Waals surface area contributed by atoms with Crippen molar-refractivity contribution in [2.24, 2.45) is 0 Å². The van der Waals surface area contributed by atoms with Crippen LogP contribution < -0.4 is 21.3 Å². The number of alkyl halides is 3. The predicted molar refractivity (Wildman–Crippen MR) is 117 cm³/mol. The Morgan fingerprint density at radius 3 is 2.72 bits per heavy atom. The Morgan fingerprint density at radius 2 is 1.97 bits per heavy atom. The third-order valence-electron chi connectivity index (χ3n) is 5.06. The van der Waals surface area contributed by atoms with Crippen LogP contribution in [-0.4, -0.2) is 22.9 Å². The zero-order chi connectivity index (χ0) is 22.9. The van der Waals surface area contributed by atoms with Gasteiger partial charge in [0.25, 0.3) is 0 Å². The molecule has 0 unspecified atom stereocenters. The number of carbonyl (C=O) groups excluding carboxylic acids is 1. The maximum atomic E-state index is 13.5. The molecular weight excluding hydrogens is 421 g/mol. The van der Waals surface area contributed by atoms with Crippen molar-refractivity contribution in [1.29, 1.82) is 0 Å². The van der Waals surface area contributed by atoms with Gasteiger partial charge < -0.3 is 21.3 Å². The van der Waals surface area contributed by atoms with Crippen LogP contribution >= 0.6 is 0 Å². The first kappa shape index (κ1) is 21.4. The van der Waals surface area contributed by atoms with Gasteiger partial charge in [0, 0.05) is 36.9 Å². The number of benzene rings is 2. The van der Waals surface area contributed by atoms with Gasteiger partial charge in [-0.1, -0.05) is 12.1 Å². The van der Waals surface area contributed by atoms with Gasteiger partial charge in [-0.05, 0) is 47.9 Å². The first-order valence-electron chi connectivity index (χ1n) is 9.88. The van der Waals surface area contributed by atoms with Crippen LogP contribution in [0.2, 0.25) is 0 Å². The third-order valence-corrected chi connectivity index (χ3v) is 5.06. The molecule has 0 radical (unpaired) electrons. The summed E-state index contributed by atoms with van der Waals surface area (Å²) < 4.78 is 40.6. The van der Waals surface area contributed by atoms with Gasteiger partial charge in [0.2, 0.25) is 11.9 Å². The maximum Gasteiger partial charge on any atom is 0.421 e. The lowest BCUT2D eigenvalue weighted by molar-refractivity contribution is -0.137. The van der Waals surface area contributed by atoms with Gasteiger partial charge in [-0.15, -0.1) is 0 Å². The number of amides is 1. The molecule has 0 spiro atoms. The van der Waals surface area contributed by atoms with Gasteiger partial charge in [0.1, 0.15) is 11.4 Å². The summed E-state index contributed by atoms with van der Waals surface area (Å²) in [4.78, 5) is 19.4. The molecular formula is C22H21F3N6O. The van der Waals surface area contributed by atoms with Crippen LogP contribution in [0, 0.1) is 6.92 Å². The van der Waals surface area contributed by atoms with Crippen molar-refractivity contribution in [3.8, 4) is 0 Å². The average Bonchev–Trinajstić information content (AvgIpc) is 3.11. The quantitative estimate of drug-likeness (QED) is 0.443. The largest absolute Gasteiger partial charge is 0.421 e. The normalized spacial score (nSPS) is 12.8. The van der Waals surface area contributed by atoms with E-state index in [1.807, 2.05) is 25.1 Å². The fourth-order valence-corrected chi connectivity index (χ4v) is 3.48. The summed E-state index contributed by atoms with van der Waals surface area (Å²) in [5.74, 6) is -0.419. The zero-order valence-electron chi connectivity index (χ0n) is 17.4. The predicted octanol–water partition coefficient (Wildman–Crippen LogP) is 4.70. The number of nitrogens with one attached hydrogen (secondary N) is 4. The zero-order valence-corrected chi connectivity index (χ0v) is 17.4. The van der Waals surface area contributed by atoms with Crippen LogP contribution in [0.1, 0.15) is 22.3 Å². The molecule has 4 rings (SSSR count). The third kappa shape index (κ3) is 4.58. The molecule has 1 aliphatic rings. The second kappa shape index (κ2) is 8.37. The first-order chi connectivity index (χ1) is 15.2. The summed E-state index contributed by atoms with van der Waals surface area (Å²) in [6, 6.07) is 10.8. The van der Waals surface area contributed by atoms with Crippen LogP contribution in [0.4, 0.5) is 42.0 Å². The molecule has 0 aliphatic carbocycles. The minimum absolute atomic E-state index is 0.00970. The van der Waals surface area contributed by atoms with Crippen molar-refractivity contribution in [1.82, 2.24) is 9.97 Å². The van der Waals surface area contributed by atoms with E-state index in [0.717, 1.165) is 34.3 Å². The van der Waals surface area contributed by atoms with Crippen molar-refractivity contribution in [3.63, 3.8) is 0 Å². The molecule has 166 valence electrons. The van der Waals surface area contributed by atoms with Crippen LogP contribution in [0.5, 0.6) is 0 Å². The van der Waals surface area contributed by atoms with E-state index in [9.17, 15) is 18.0 Å². The summed E-state index contributed by atoms with van der Waals surface area (Å²) in [6.45, 7) is 2.08. The molecule has 1 amide bonds. The minimum atomic E-state index is -4.61. The van der Waals surface area contributed by atoms with E-state index in [0.29, 0.717) is 5.69 Å². The summed E-state index contributed by atoms with van der Waals surface area (Å²) in [6.07, 6.45) is -3.61. The summed E-state index contributed by atoms with van der Waals surface area (Å²) in [5, 5.41) is 11.5. The molecule has 1 aliphatic heterocycles. The van der Waals surface area contributed by atoms with Crippen molar-refractivity contribution >= 4 is 34.7 Å². The molecule has 0 bridgehead atoms. The van der Waals surface area contributed by atoms with Gasteiger partial charge in [0.15, 0.2) is 0 Å². The molecule has 2 heterocycles. The highest BCUT2D eigenvalue weighted by Gasteiger charge is 2.35. The van der Waals surface area contributed by atoms with E-state index in [-0.39, 0.29) is 30.6 Å². The van der Waals surface area contributed by atoms with E-state index in [4.69, 9.17) is 0 Å². The van der Waals surface area contributed by atoms with E-state index < -0.39 is 11.7 Å². The molecule has 0 saturated carbocycles. The Bertz CT molecular complexity index is 1180. The highest BCUT2D eigenvalue weighted by atomic mass is 19.4. The van der Waals surface area contributed by atoms with Gasteiger partial charge in [-0.2, -0.15) is 18.2 Å². The average molecular weight is 442 g/mol. The number of aryl methyl sites for hydroxylation is 1. The standard InChI is InChI=1S/C22H21F3N6O/c1-12-3-4-13(18(7-12)26-2)10-27-20-16(22(23,24)25)11-28-21(31-20)29-15-5-6-17-14(8-15)9-19(32)30-17/h3-8,11,26H,9-10H2,1-2H3,(H,30,32)(H2,27,28,29,31). The second-order valence-electron chi connectivity index (χ2n) is 7.44. The molecule has 0 fully saturated rings. The van der Waals surface area contributed by atoms with Crippen molar-refractivity contribution in [2.45, 2.75) is 26.1 Å². The summed E-state index contributed by atoms with van der Waals surface area (Å²) in [5.41, 5.74) is 3.79. The number of aromatic nitrogens is 2. The summed E-state index contributed by atoms with van der Waals surface area (Å²) >= 11 is 0. The smallest absolute Gasteiger partial charge is 0.388 e. The van der Waals surface area contributed by atoms with Crippen LogP contribution in [-0.2, 0) is 23.9 Å². The molecule has 0 atom stereocenters. The van der Waals surface area contributed by atoms with Crippen molar-refractivity contribution < 1.29 is 18.0 Å². The molecule has 1 aromatic heterocycles. The van der Waals surface area contributed by atoms with E-state index in [1.165, 1.54) is 0 Å². The Kier molecular flexibility index (Phi) is 5.60. The van der Waals surface area contributed by atoms with Gasteiger partial charge in [0.05, 0.1) is 6.42 Å². The van der Waals surface area contributed by atoms with Crippen LogP contribution in [0.25, 0.3) is 0 Å². The van der Waals surface area contributed by atoms with E-state index in [2.05, 4.69) is 31.2 Å². The Morgan fingerprint density at radius 1 is 1.16 bits per heavy atom. The molecule has 10 heteroatoms. The van der Waals surface area contributed by atoms with Crippen LogP contribution in [0.15, 0.2) is 42.6 Å². The number of rotatable bonds is 6. The minimum Gasteiger partial charge on any atom is -0.388 e. The fourth-order valence-electron chi connectivity index (χ4n) is 3.48. The number of hydrogen-bond donors (Lipinski definition) is 4. The van der Waals surface area contributed by atoms with E-state index >= 15 is 0 Å². The van der Waals surface area contributed by atoms with Gasteiger partial charge in [-0.25, -0.2) is 4.98 Å². The Labute approximate surface area is 182 Å². The van der Waals surface area contributed by atoms with Crippen molar-refractivity contribution in [3.05, 3.63) is 64.8 Å². The maximum absolute atomic E-state index is 13.5. The molecule has 7 nitrogen and oxygen atoms in total. The van der Waals surface area contributed by atoms with E-state index in [1.54, 1.807) is 25.2 Å². The molecule has 32 heavy (non-hydrogen) atoms. The van der Waals surface area contributed by atoms with Gasteiger partial charge >= 0.3 is 6.18 Å². The Hall–Kier alpha value is -3.82. The number of fused-ring (bicyclic) bond motifs is 1. The van der Waals surface area contributed by atoms with Crippen molar-refractivity contribution in [2.75, 3.05) is 28.3 Å². The molecule has 0 saturated heterocycles. The van der Waals surface area contributed by atoms with Gasteiger partial charge in [-0.3, -0.25) is 4.79 Å². The summed E-state index contributed by atoms with van der Waals surface area (Å²) in [7, 11) is 1.76.